The van der Waals surface area contributed by atoms with Crippen LogP contribution >= 0.6 is 27.5 Å². The molecular weight excluding hydrogens is 348 g/mol. The number of halogens is 2. The molecule has 2 aromatic rings. The summed E-state index contributed by atoms with van der Waals surface area (Å²) in [5, 5.41) is 3.01. The first kappa shape index (κ1) is 14.6. The molecule has 0 fully saturated rings. The SMILES string of the molecule is COC(=O)c1cc(Cl)ccc1NC(=O)c1cc(Br)c[nH]1. The fraction of sp³-hybridized carbons (Fsp3) is 0.0769. The Morgan fingerprint density at radius 3 is 2.70 bits per heavy atom. The Kier molecular flexibility index (Phi) is 4.46. The van der Waals surface area contributed by atoms with Gasteiger partial charge in [-0.25, -0.2) is 4.79 Å². The highest BCUT2D eigenvalue weighted by atomic mass is 79.9. The third-order valence-electron chi connectivity index (χ3n) is 2.53. The summed E-state index contributed by atoms with van der Waals surface area (Å²) < 4.78 is 5.42. The third-order valence-corrected chi connectivity index (χ3v) is 3.22. The van der Waals surface area contributed by atoms with Gasteiger partial charge in [0, 0.05) is 15.7 Å². The summed E-state index contributed by atoms with van der Waals surface area (Å²) in [4.78, 5) is 26.5. The van der Waals surface area contributed by atoms with Gasteiger partial charge in [-0.2, -0.15) is 0 Å². The van der Waals surface area contributed by atoms with Gasteiger partial charge in [0.1, 0.15) is 5.69 Å². The van der Waals surface area contributed by atoms with E-state index in [4.69, 9.17) is 11.6 Å². The van der Waals surface area contributed by atoms with E-state index in [1.54, 1.807) is 24.4 Å². The Labute approximate surface area is 128 Å². The van der Waals surface area contributed by atoms with Crippen molar-refractivity contribution >= 4 is 45.1 Å². The van der Waals surface area contributed by atoms with Gasteiger partial charge in [-0.15, -0.1) is 0 Å². The molecule has 2 N–H and O–H groups in total. The average Bonchev–Trinajstić information content (AvgIpc) is 2.86. The summed E-state index contributed by atoms with van der Waals surface area (Å²) in [6, 6.07) is 6.19. The zero-order valence-corrected chi connectivity index (χ0v) is 12.7. The second-order valence-electron chi connectivity index (χ2n) is 3.87. The van der Waals surface area contributed by atoms with Gasteiger partial charge >= 0.3 is 5.97 Å². The number of nitrogens with one attached hydrogen (secondary N) is 2. The van der Waals surface area contributed by atoms with Gasteiger partial charge < -0.3 is 15.0 Å². The molecule has 0 atom stereocenters. The molecule has 0 aliphatic heterocycles. The number of methoxy groups -OCH3 is 1. The molecule has 104 valence electrons. The molecule has 1 heterocycles. The van der Waals surface area contributed by atoms with Crippen LogP contribution in [0.2, 0.25) is 5.02 Å². The predicted octanol–water partition coefficient (Wildman–Crippen LogP) is 3.47. The largest absolute Gasteiger partial charge is 0.465 e. The quantitative estimate of drug-likeness (QED) is 0.826. The van der Waals surface area contributed by atoms with Crippen molar-refractivity contribution in [2.45, 2.75) is 0 Å². The maximum Gasteiger partial charge on any atom is 0.340 e. The normalized spacial score (nSPS) is 10.2. The molecule has 0 aliphatic carbocycles. The fourth-order valence-electron chi connectivity index (χ4n) is 1.59. The van der Waals surface area contributed by atoms with Gasteiger partial charge in [0.25, 0.3) is 5.91 Å². The molecular formula is C13H10BrClN2O3. The zero-order valence-electron chi connectivity index (χ0n) is 10.4. The second-order valence-corrected chi connectivity index (χ2v) is 5.22. The summed E-state index contributed by atoms with van der Waals surface area (Å²) in [6.07, 6.45) is 1.64. The van der Waals surface area contributed by atoms with E-state index in [0.717, 1.165) is 4.47 Å². The minimum absolute atomic E-state index is 0.193. The van der Waals surface area contributed by atoms with Gasteiger partial charge in [-0.05, 0) is 40.2 Å². The number of hydrogen-bond acceptors (Lipinski definition) is 3. The molecule has 0 spiro atoms. The molecule has 7 heteroatoms. The number of H-pyrrole nitrogens is 1. The number of esters is 1. The molecule has 0 aliphatic rings. The molecule has 1 aromatic heterocycles. The van der Waals surface area contributed by atoms with E-state index in [0.29, 0.717) is 16.4 Å². The van der Waals surface area contributed by atoms with Crippen LogP contribution in [-0.4, -0.2) is 24.0 Å². The first-order valence-electron chi connectivity index (χ1n) is 5.54. The second kappa shape index (κ2) is 6.11. The topological polar surface area (TPSA) is 71.2 Å². The summed E-state index contributed by atoms with van der Waals surface area (Å²) in [5.41, 5.74) is 0.888. The van der Waals surface area contributed by atoms with Crippen LogP contribution in [0.25, 0.3) is 0 Å². The molecule has 0 saturated heterocycles. The van der Waals surface area contributed by atoms with E-state index in [2.05, 4.69) is 31.0 Å². The lowest BCUT2D eigenvalue weighted by atomic mass is 10.1. The van der Waals surface area contributed by atoms with Crippen LogP contribution in [0.4, 0.5) is 5.69 Å². The molecule has 5 nitrogen and oxygen atoms in total. The van der Waals surface area contributed by atoms with E-state index < -0.39 is 5.97 Å². The van der Waals surface area contributed by atoms with Gasteiger partial charge in [0.2, 0.25) is 0 Å². The molecule has 0 bridgehead atoms. The Morgan fingerprint density at radius 2 is 2.10 bits per heavy atom. The Hall–Kier alpha value is -1.79. The van der Waals surface area contributed by atoms with Crippen molar-refractivity contribution in [3.63, 3.8) is 0 Å². The van der Waals surface area contributed by atoms with Crippen LogP contribution in [0.3, 0.4) is 0 Å². The van der Waals surface area contributed by atoms with E-state index in [1.165, 1.54) is 13.2 Å². The number of aromatic amines is 1. The molecule has 20 heavy (non-hydrogen) atoms. The highest BCUT2D eigenvalue weighted by Crippen LogP contribution is 2.22. The number of benzene rings is 1. The van der Waals surface area contributed by atoms with Crippen LogP contribution in [0.1, 0.15) is 20.8 Å². The van der Waals surface area contributed by atoms with Gasteiger partial charge in [0.05, 0.1) is 18.4 Å². The zero-order chi connectivity index (χ0) is 14.7. The summed E-state index contributed by atoms with van der Waals surface area (Å²) in [7, 11) is 1.26. The van der Waals surface area contributed by atoms with Crippen molar-refractivity contribution in [3.05, 3.63) is 51.2 Å². The number of amides is 1. The lowest BCUT2D eigenvalue weighted by molar-refractivity contribution is 0.0602. The maximum atomic E-state index is 12.0. The number of carbonyl (C=O) groups excluding carboxylic acids is 2. The standard InChI is InChI=1S/C13H10BrClN2O3/c1-20-13(19)9-5-8(15)2-3-10(9)17-12(18)11-4-7(14)6-16-11/h2-6,16H,1H3,(H,17,18). The van der Waals surface area contributed by atoms with E-state index in [1.807, 2.05) is 0 Å². The molecule has 2 rings (SSSR count). The summed E-state index contributed by atoms with van der Waals surface area (Å²) in [5.74, 6) is -0.946. The third kappa shape index (κ3) is 3.20. The molecule has 0 radical (unpaired) electrons. The van der Waals surface area contributed by atoms with Crippen LogP contribution < -0.4 is 5.32 Å². The Bertz CT molecular complexity index is 669. The smallest absolute Gasteiger partial charge is 0.340 e. The van der Waals surface area contributed by atoms with Crippen molar-refractivity contribution in [2.24, 2.45) is 0 Å². The lowest BCUT2D eigenvalue weighted by Gasteiger charge is -2.09. The summed E-state index contributed by atoms with van der Waals surface area (Å²) >= 11 is 9.08. The maximum absolute atomic E-state index is 12.0. The van der Waals surface area contributed by atoms with E-state index in [9.17, 15) is 9.59 Å². The van der Waals surface area contributed by atoms with Crippen LogP contribution in [-0.2, 0) is 4.74 Å². The molecule has 1 aromatic carbocycles. The number of rotatable bonds is 3. The highest BCUT2D eigenvalue weighted by molar-refractivity contribution is 9.10. The fourth-order valence-corrected chi connectivity index (χ4v) is 2.11. The van der Waals surface area contributed by atoms with Gasteiger partial charge in [0.15, 0.2) is 0 Å². The van der Waals surface area contributed by atoms with E-state index >= 15 is 0 Å². The van der Waals surface area contributed by atoms with Crippen LogP contribution in [0, 0.1) is 0 Å². The van der Waals surface area contributed by atoms with E-state index in [-0.39, 0.29) is 11.5 Å². The minimum Gasteiger partial charge on any atom is -0.465 e. The predicted molar refractivity (Wildman–Crippen MR) is 79.2 cm³/mol. The monoisotopic (exact) mass is 356 g/mol. The van der Waals surface area contributed by atoms with Crippen LogP contribution in [0.5, 0.6) is 0 Å². The van der Waals surface area contributed by atoms with Gasteiger partial charge in [-0.1, -0.05) is 11.6 Å². The summed E-state index contributed by atoms with van der Waals surface area (Å²) in [6.45, 7) is 0. The Morgan fingerprint density at radius 1 is 1.35 bits per heavy atom. The van der Waals surface area contributed by atoms with Crippen LogP contribution in [0.15, 0.2) is 34.9 Å². The minimum atomic E-state index is -0.574. The average molecular weight is 358 g/mol. The van der Waals surface area contributed by atoms with Gasteiger partial charge in [-0.3, -0.25) is 4.79 Å². The number of hydrogen-bond donors (Lipinski definition) is 2. The van der Waals surface area contributed by atoms with Crippen molar-refractivity contribution in [3.8, 4) is 0 Å². The lowest BCUT2D eigenvalue weighted by Crippen LogP contribution is -2.15. The first-order chi connectivity index (χ1) is 9.51. The molecule has 0 saturated carbocycles. The Balaban J connectivity index is 2.29. The van der Waals surface area contributed by atoms with Crippen molar-refractivity contribution in [2.75, 3.05) is 12.4 Å². The number of aromatic nitrogens is 1. The van der Waals surface area contributed by atoms with Crippen molar-refractivity contribution in [1.82, 2.24) is 4.98 Å². The molecule has 1 amide bonds. The number of ether oxygens (including phenoxy) is 1. The molecule has 0 unspecified atom stereocenters. The van der Waals surface area contributed by atoms with Crippen molar-refractivity contribution in [1.29, 1.82) is 0 Å². The number of carbonyl (C=O) groups is 2. The number of anilines is 1. The first-order valence-corrected chi connectivity index (χ1v) is 6.71. The van der Waals surface area contributed by atoms with Crippen molar-refractivity contribution < 1.29 is 14.3 Å². The highest BCUT2D eigenvalue weighted by Gasteiger charge is 2.16.